The van der Waals surface area contributed by atoms with Gasteiger partial charge >= 0.3 is 0 Å². The van der Waals surface area contributed by atoms with Gasteiger partial charge in [-0.1, -0.05) is 0 Å². The highest BCUT2D eigenvalue weighted by Gasteiger charge is 2.32. The molecule has 0 aromatic carbocycles. The van der Waals surface area contributed by atoms with Crippen molar-refractivity contribution < 1.29 is 4.74 Å². The fourth-order valence-corrected chi connectivity index (χ4v) is 1.81. The zero-order chi connectivity index (χ0) is 9.35. The van der Waals surface area contributed by atoms with Gasteiger partial charge in [0, 0.05) is 13.1 Å². The quantitative estimate of drug-likeness (QED) is 0.635. The fraction of sp³-hybridized carbons (Fsp3) is 1.00. The van der Waals surface area contributed by atoms with E-state index in [4.69, 9.17) is 10.5 Å². The Kier molecular flexibility index (Phi) is 2.76. The summed E-state index contributed by atoms with van der Waals surface area (Å²) in [6.07, 6.45) is 0.426. The first-order valence-corrected chi connectivity index (χ1v) is 4.58. The molecule has 2 N–H and O–H groups in total. The molecule has 12 heavy (non-hydrogen) atoms. The van der Waals surface area contributed by atoms with E-state index in [0.29, 0.717) is 6.10 Å². The number of rotatable bonds is 1. The van der Waals surface area contributed by atoms with Gasteiger partial charge in [0.25, 0.3) is 0 Å². The van der Waals surface area contributed by atoms with Crippen LogP contribution in [0.3, 0.4) is 0 Å². The summed E-state index contributed by atoms with van der Waals surface area (Å²) < 4.78 is 5.76. The van der Waals surface area contributed by atoms with Crippen LogP contribution in [-0.4, -0.2) is 35.9 Å². The second kappa shape index (κ2) is 3.32. The van der Waals surface area contributed by atoms with Gasteiger partial charge in [0.15, 0.2) is 0 Å². The van der Waals surface area contributed by atoms with Gasteiger partial charge in [-0.15, -0.1) is 0 Å². The highest BCUT2D eigenvalue weighted by molar-refractivity contribution is 4.83. The lowest BCUT2D eigenvalue weighted by molar-refractivity contribution is -0.136. The predicted molar refractivity (Wildman–Crippen MR) is 49.8 cm³/mol. The molecule has 1 aliphatic rings. The van der Waals surface area contributed by atoms with Crippen LogP contribution in [0.4, 0.5) is 0 Å². The summed E-state index contributed by atoms with van der Waals surface area (Å²) in [4.78, 5) is 2.26. The van der Waals surface area contributed by atoms with E-state index in [1.165, 1.54) is 0 Å². The van der Waals surface area contributed by atoms with E-state index < -0.39 is 0 Å². The molecule has 1 aliphatic heterocycles. The molecule has 1 rings (SSSR count). The van der Waals surface area contributed by atoms with E-state index in [1.54, 1.807) is 0 Å². The van der Waals surface area contributed by atoms with Crippen LogP contribution in [0.25, 0.3) is 0 Å². The van der Waals surface area contributed by atoms with Gasteiger partial charge in [-0.05, 0) is 27.7 Å². The molecule has 0 saturated carbocycles. The minimum absolute atomic E-state index is 0.0503. The summed E-state index contributed by atoms with van der Waals surface area (Å²) in [7, 11) is 0. The molecule has 1 saturated heterocycles. The molecule has 1 heterocycles. The van der Waals surface area contributed by atoms with Crippen LogP contribution in [0.15, 0.2) is 0 Å². The van der Waals surface area contributed by atoms with E-state index in [1.807, 2.05) is 6.92 Å². The second-order valence-corrected chi connectivity index (χ2v) is 4.36. The SMILES string of the molecule is CC1CN(C(C)N)CC(C)(C)O1. The van der Waals surface area contributed by atoms with Gasteiger partial charge in [-0.25, -0.2) is 0 Å². The molecule has 2 unspecified atom stereocenters. The molecule has 0 aromatic heterocycles. The monoisotopic (exact) mass is 172 g/mol. The molecular formula is C9H20N2O. The van der Waals surface area contributed by atoms with Gasteiger partial charge in [-0.2, -0.15) is 0 Å². The lowest BCUT2D eigenvalue weighted by Gasteiger charge is -2.43. The summed E-state index contributed by atoms with van der Waals surface area (Å²) in [6, 6.07) is 0. The number of nitrogens with zero attached hydrogens (tertiary/aromatic N) is 1. The Morgan fingerprint density at radius 2 is 2.17 bits per heavy atom. The lowest BCUT2D eigenvalue weighted by Crippen LogP contribution is -2.56. The maximum absolute atomic E-state index is 5.82. The van der Waals surface area contributed by atoms with Crippen molar-refractivity contribution in [3.8, 4) is 0 Å². The average Bonchev–Trinajstić information content (AvgIpc) is 1.82. The molecule has 3 heteroatoms. The van der Waals surface area contributed by atoms with Crippen LogP contribution in [0.2, 0.25) is 0 Å². The zero-order valence-electron chi connectivity index (χ0n) is 8.50. The molecule has 0 bridgehead atoms. The van der Waals surface area contributed by atoms with E-state index in [2.05, 4.69) is 25.7 Å². The Balaban J connectivity index is 2.58. The third kappa shape index (κ3) is 2.44. The molecule has 0 aliphatic carbocycles. The number of nitrogens with two attached hydrogens (primary N) is 1. The van der Waals surface area contributed by atoms with Crippen LogP contribution < -0.4 is 5.73 Å². The van der Waals surface area contributed by atoms with Crippen molar-refractivity contribution in [2.24, 2.45) is 5.73 Å². The topological polar surface area (TPSA) is 38.5 Å². The van der Waals surface area contributed by atoms with Gasteiger partial charge in [0.1, 0.15) is 0 Å². The molecular weight excluding hydrogens is 152 g/mol. The molecule has 0 radical (unpaired) electrons. The molecule has 0 spiro atoms. The summed E-state index contributed by atoms with van der Waals surface area (Å²) in [5.41, 5.74) is 5.77. The van der Waals surface area contributed by atoms with Crippen molar-refractivity contribution >= 4 is 0 Å². The Morgan fingerprint density at radius 1 is 1.58 bits per heavy atom. The third-order valence-electron chi connectivity index (χ3n) is 2.17. The van der Waals surface area contributed by atoms with Crippen LogP contribution in [0, 0.1) is 0 Å². The number of morpholine rings is 1. The first kappa shape index (κ1) is 9.96. The molecule has 2 atom stereocenters. The van der Waals surface area contributed by atoms with Gasteiger partial charge < -0.3 is 10.5 Å². The normalized spacial score (nSPS) is 33.2. The van der Waals surface area contributed by atoms with Crippen molar-refractivity contribution in [2.75, 3.05) is 13.1 Å². The molecule has 72 valence electrons. The largest absolute Gasteiger partial charge is 0.370 e. The van der Waals surface area contributed by atoms with Crippen LogP contribution >= 0.6 is 0 Å². The maximum atomic E-state index is 5.82. The highest BCUT2D eigenvalue weighted by Crippen LogP contribution is 2.20. The average molecular weight is 172 g/mol. The lowest BCUT2D eigenvalue weighted by atomic mass is 10.1. The molecule has 0 aromatic rings. The van der Waals surface area contributed by atoms with Gasteiger partial charge in [0.05, 0.1) is 17.9 Å². The van der Waals surface area contributed by atoms with Crippen LogP contribution in [0.5, 0.6) is 0 Å². The van der Waals surface area contributed by atoms with E-state index in [0.717, 1.165) is 13.1 Å². The minimum Gasteiger partial charge on any atom is -0.370 e. The third-order valence-corrected chi connectivity index (χ3v) is 2.17. The Hall–Kier alpha value is -0.120. The van der Waals surface area contributed by atoms with Crippen molar-refractivity contribution in [2.45, 2.75) is 45.6 Å². The number of ether oxygens (including phenoxy) is 1. The van der Waals surface area contributed by atoms with Crippen LogP contribution in [0.1, 0.15) is 27.7 Å². The van der Waals surface area contributed by atoms with Crippen molar-refractivity contribution in [1.29, 1.82) is 0 Å². The first-order valence-electron chi connectivity index (χ1n) is 4.58. The maximum Gasteiger partial charge on any atom is 0.0757 e. The zero-order valence-corrected chi connectivity index (χ0v) is 8.50. The van der Waals surface area contributed by atoms with Crippen molar-refractivity contribution in [3.63, 3.8) is 0 Å². The number of hydrogen-bond donors (Lipinski definition) is 1. The standard InChI is InChI=1S/C9H20N2O/c1-7-5-11(8(2)10)6-9(3,4)12-7/h7-8H,5-6,10H2,1-4H3. The summed E-state index contributed by atoms with van der Waals surface area (Å²) in [6.45, 7) is 10.2. The fourth-order valence-electron chi connectivity index (χ4n) is 1.81. The summed E-state index contributed by atoms with van der Waals surface area (Å²) in [5, 5.41) is 0. The van der Waals surface area contributed by atoms with E-state index in [9.17, 15) is 0 Å². The molecule has 3 nitrogen and oxygen atoms in total. The predicted octanol–water partition coefficient (Wildman–Crippen LogP) is 0.790. The minimum atomic E-state index is -0.0503. The Bertz CT molecular complexity index is 157. The Morgan fingerprint density at radius 3 is 2.58 bits per heavy atom. The van der Waals surface area contributed by atoms with E-state index >= 15 is 0 Å². The number of hydrogen-bond acceptors (Lipinski definition) is 3. The molecule has 0 amide bonds. The highest BCUT2D eigenvalue weighted by atomic mass is 16.5. The van der Waals surface area contributed by atoms with Crippen molar-refractivity contribution in [1.82, 2.24) is 4.90 Å². The van der Waals surface area contributed by atoms with E-state index in [-0.39, 0.29) is 11.8 Å². The van der Waals surface area contributed by atoms with Crippen LogP contribution in [-0.2, 0) is 4.74 Å². The first-order chi connectivity index (χ1) is 5.41. The van der Waals surface area contributed by atoms with Gasteiger partial charge in [0.2, 0.25) is 0 Å². The summed E-state index contributed by atoms with van der Waals surface area (Å²) in [5.74, 6) is 0. The smallest absolute Gasteiger partial charge is 0.0757 e. The second-order valence-electron chi connectivity index (χ2n) is 4.36. The Labute approximate surface area is 74.9 Å². The van der Waals surface area contributed by atoms with Gasteiger partial charge in [-0.3, -0.25) is 4.90 Å². The van der Waals surface area contributed by atoms with Crippen molar-refractivity contribution in [3.05, 3.63) is 0 Å². The molecule has 1 fully saturated rings. The summed E-state index contributed by atoms with van der Waals surface area (Å²) >= 11 is 0.